The molecule has 3 nitrogen and oxygen atoms in total. The molecule has 1 aliphatic carbocycles. The van der Waals surface area contributed by atoms with Crippen LogP contribution in [0.15, 0.2) is 18.2 Å². The Morgan fingerprint density at radius 1 is 1.39 bits per heavy atom. The first-order valence-electron chi connectivity index (χ1n) is 6.07. The molecule has 18 heavy (non-hydrogen) atoms. The minimum Gasteiger partial charge on any atom is -0.465 e. The second-order valence-corrected chi connectivity index (χ2v) is 5.54. The summed E-state index contributed by atoms with van der Waals surface area (Å²) in [5, 5.41) is 0. The van der Waals surface area contributed by atoms with Crippen LogP contribution in [0.25, 0.3) is 6.08 Å². The number of esters is 1. The van der Waals surface area contributed by atoms with Gasteiger partial charge in [0.15, 0.2) is 0 Å². The van der Waals surface area contributed by atoms with E-state index in [0.717, 1.165) is 17.7 Å². The third kappa shape index (κ3) is 3.29. The highest BCUT2D eigenvalue weighted by Gasteiger charge is 2.16. The summed E-state index contributed by atoms with van der Waals surface area (Å²) in [5.41, 5.74) is 0. The standard InChI is InChI=1S/C14H16O3S/c1-17-14(16)13-9-8-12(18-13)7-4-10-2-5-11(15)6-3-10/h4,7-10H,2-3,5-6H2,1H3/b7-4+. The Balaban J connectivity index is 1.94. The van der Waals surface area contributed by atoms with Gasteiger partial charge in [0.2, 0.25) is 0 Å². The Morgan fingerprint density at radius 2 is 2.11 bits per heavy atom. The highest BCUT2D eigenvalue weighted by atomic mass is 32.1. The summed E-state index contributed by atoms with van der Waals surface area (Å²) in [7, 11) is 1.39. The molecule has 0 aromatic carbocycles. The third-order valence-electron chi connectivity index (χ3n) is 3.13. The van der Waals surface area contributed by atoms with Crippen molar-refractivity contribution in [3.05, 3.63) is 28.0 Å². The van der Waals surface area contributed by atoms with E-state index in [1.165, 1.54) is 18.4 Å². The molecular weight excluding hydrogens is 248 g/mol. The van der Waals surface area contributed by atoms with Crippen LogP contribution < -0.4 is 0 Å². The Hall–Kier alpha value is -1.42. The lowest BCUT2D eigenvalue weighted by Crippen LogP contribution is -2.11. The van der Waals surface area contributed by atoms with E-state index in [2.05, 4.69) is 10.8 Å². The van der Waals surface area contributed by atoms with Crippen molar-refractivity contribution in [2.45, 2.75) is 25.7 Å². The number of Topliss-reactive ketones (excluding diaryl/α,β-unsaturated/α-hetero) is 1. The third-order valence-corrected chi connectivity index (χ3v) is 4.16. The van der Waals surface area contributed by atoms with Gasteiger partial charge in [-0.3, -0.25) is 4.79 Å². The van der Waals surface area contributed by atoms with Gasteiger partial charge in [-0.1, -0.05) is 6.08 Å². The summed E-state index contributed by atoms with van der Waals surface area (Å²) >= 11 is 1.43. The van der Waals surface area contributed by atoms with Gasteiger partial charge in [0.25, 0.3) is 0 Å². The molecule has 0 atom stereocenters. The van der Waals surface area contributed by atoms with Crippen molar-refractivity contribution in [3.63, 3.8) is 0 Å². The Kier molecular flexibility index (Phi) is 4.31. The van der Waals surface area contributed by atoms with Crippen molar-refractivity contribution in [1.29, 1.82) is 0 Å². The number of allylic oxidation sites excluding steroid dienone is 1. The molecule has 0 spiro atoms. The molecule has 0 unspecified atom stereocenters. The summed E-state index contributed by atoms with van der Waals surface area (Å²) in [4.78, 5) is 24.1. The lowest BCUT2D eigenvalue weighted by molar-refractivity contribution is -0.120. The number of carbonyl (C=O) groups excluding carboxylic acids is 2. The summed E-state index contributed by atoms with van der Waals surface area (Å²) in [6.07, 6.45) is 7.49. The van der Waals surface area contributed by atoms with Crippen LogP contribution in [0, 0.1) is 5.92 Å². The maximum atomic E-state index is 11.3. The molecule has 1 fully saturated rings. The van der Waals surface area contributed by atoms with Gasteiger partial charge in [0.05, 0.1) is 7.11 Å². The summed E-state index contributed by atoms with van der Waals surface area (Å²) in [6, 6.07) is 3.70. The van der Waals surface area contributed by atoms with Crippen molar-refractivity contribution in [2.75, 3.05) is 7.11 Å². The van der Waals surface area contributed by atoms with Crippen LogP contribution in [-0.4, -0.2) is 18.9 Å². The summed E-state index contributed by atoms with van der Waals surface area (Å²) < 4.78 is 4.67. The van der Waals surface area contributed by atoms with Crippen molar-refractivity contribution in [3.8, 4) is 0 Å². The maximum absolute atomic E-state index is 11.3. The molecule has 0 amide bonds. The highest BCUT2D eigenvalue weighted by Crippen LogP contribution is 2.25. The largest absolute Gasteiger partial charge is 0.465 e. The van der Waals surface area contributed by atoms with Crippen LogP contribution in [-0.2, 0) is 9.53 Å². The number of ether oxygens (including phenoxy) is 1. The van der Waals surface area contributed by atoms with E-state index in [4.69, 9.17) is 0 Å². The van der Waals surface area contributed by atoms with Crippen LogP contribution in [0.2, 0.25) is 0 Å². The second-order valence-electron chi connectivity index (χ2n) is 4.43. The highest BCUT2D eigenvalue weighted by molar-refractivity contribution is 7.14. The van der Waals surface area contributed by atoms with Crippen LogP contribution in [0.4, 0.5) is 0 Å². The van der Waals surface area contributed by atoms with Gasteiger partial charge in [-0.2, -0.15) is 0 Å². The SMILES string of the molecule is COC(=O)c1ccc(/C=C/C2CCC(=O)CC2)s1. The molecule has 0 aliphatic heterocycles. The van der Waals surface area contributed by atoms with Gasteiger partial charge in [-0.25, -0.2) is 4.79 Å². The lowest BCUT2D eigenvalue weighted by atomic mass is 9.88. The average Bonchev–Trinajstić information content (AvgIpc) is 2.86. The molecule has 1 aliphatic rings. The fourth-order valence-corrected chi connectivity index (χ4v) is 2.88. The van der Waals surface area contributed by atoms with Gasteiger partial charge in [-0.05, 0) is 37.0 Å². The predicted octanol–water partition coefficient (Wildman–Crippen LogP) is 3.31. The maximum Gasteiger partial charge on any atom is 0.348 e. The first kappa shape index (κ1) is 13.0. The summed E-state index contributed by atoms with van der Waals surface area (Å²) in [6.45, 7) is 0. The first-order valence-corrected chi connectivity index (χ1v) is 6.88. The van der Waals surface area contributed by atoms with E-state index in [1.54, 1.807) is 6.07 Å². The average molecular weight is 264 g/mol. The van der Waals surface area contributed by atoms with Crippen molar-refractivity contribution in [1.82, 2.24) is 0 Å². The number of hydrogen-bond donors (Lipinski definition) is 0. The quantitative estimate of drug-likeness (QED) is 0.787. The number of ketones is 1. The molecule has 0 radical (unpaired) electrons. The topological polar surface area (TPSA) is 43.4 Å². The van der Waals surface area contributed by atoms with E-state index in [9.17, 15) is 9.59 Å². The smallest absolute Gasteiger partial charge is 0.348 e. The Labute approximate surface area is 110 Å². The zero-order chi connectivity index (χ0) is 13.0. The molecule has 0 saturated heterocycles. The van der Waals surface area contributed by atoms with Crippen molar-refractivity contribution >= 4 is 29.2 Å². The van der Waals surface area contributed by atoms with Gasteiger partial charge in [0, 0.05) is 17.7 Å². The lowest BCUT2D eigenvalue weighted by Gasteiger charge is -2.16. The van der Waals surface area contributed by atoms with E-state index >= 15 is 0 Å². The monoisotopic (exact) mass is 264 g/mol. The Bertz CT molecular complexity index is 463. The number of thiophene rings is 1. The number of rotatable bonds is 3. The van der Waals surface area contributed by atoms with Gasteiger partial charge in [0.1, 0.15) is 10.7 Å². The number of carbonyl (C=O) groups is 2. The van der Waals surface area contributed by atoms with E-state index in [1.807, 2.05) is 12.1 Å². The minimum atomic E-state index is -0.289. The van der Waals surface area contributed by atoms with Gasteiger partial charge >= 0.3 is 5.97 Å². The van der Waals surface area contributed by atoms with Crippen LogP contribution >= 0.6 is 11.3 Å². The number of hydrogen-bond acceptors (Lipinski definition) is 4. The molecule has 1 aromatic rings. The number of methoxy groups -OCH3 is 1. The van der Waals surface area contributed by atoms with E-state index in [0.29, 0.717) is 29.4 Å². The first-order chi connectivity index (χ1) is 8.69. The molecule has 1 saturated carbocycles. The zero-order valence-electron chi connectivity index (χ0n) is 10.3. The molecule has 96 valence electrons. The predicted molar refractivity (Wildman–Crippen MR) is 71.7 cm³/mol. The fourth-order valence-electron chi connectivity index (χ4n) is 2.04. The molecule has 1 aromatic heterocycles. The fraction of sp³-hybridized carbons (Fsp3) is 0.429. The van der Waals surface area contributed by atoms with Crippen LogP contribution in [0.1, 0.15) is 40.2 Å². The van der Waals surface area contributed by atoms with Gasteiger partial charge < -0.3 is 4.74 Å². The molecule has 1 heterocycles. The normalized spacial score (nSPS) is 17.3. The molecular formula is C14H16O3S. The summed E-state index contributed by atoms with van der Waals surface area (Å²) in [5.74, 6) is 0.582. The van der Waals surface area contributed by atoms with E-state index < -0.39 is 0 Å². The molecule has 2 rings (SSSR count). The molecule has 0 bridgehead atoms. The van der Waals surface area contributed by atoms with Crippen molar-refractivity contribution in [2.24, 2.45) is 5.92 Å². The van der Waals surface area contributed by atoms with Gasteiger partial charge in [-0.15, -0.1) is 11.3 Å². The second kappa shape index (κ2) is 5.96. The molecule has 0 N–H and O–H groups in total. The Morgan fingerprint density at radius 3 is 2.78 bits per heavy atom. The molecule has 4 heteroatoms. The van der Waals surface area contributed by atoms with E-state index in [-0.39, 0.29) is 5.97 Å². The minimum absolute atomic E-state index is 0.289. The zero-order valence-corrected chi connectivity index (χ0v) is 11.2. The van der Waals surface area contributed by atoms with Crippen LogP contribution in [0.5, 0.6) is 0 Å². The van der Waals surface area contributed by atoms with Crippen molar-refractivity contribution < 1.29 is 14.3 Å². The van der Waals surface area contributed by atoms with Crippen LogP contribution in [0.3, 0.4) is 0 Å².